The standard InChI is InChI=1S/C19H21BrN4O5S2/c20-24-19(25)17-18(15-8-4-5-9-16(15)23-17)31(28,29)22-12-11-21-30(26,27)13-10-14-6-2-1-3-7-14/h1-9,21-23H,10-13H2,(H,24,25). The minimum atomic E-state index is -4.10. The molecule has 12 heteroatoms. The average molecular weight is 529 g/mol. The van der Waals surface area contributed by atoms with Gasteiger partial charge in [0.1, 0.15) is 10.6 Å². The van der Waals surface area contributed by atoms with Crippen molar-refractivity contribution in [2.24, 2.45) is 0 Å². The molecule has 2 aromatic carbocycles. The number of carbonyl (C=O) groups is 1. The van der Waals surface area contributed by atoms with Crippen molar-refractivity contribution in [3.8, 4) is 0 Å². The Morgan fingerprint density at radius 1 is 0.903 bits per heavy atom. The summed E-state index contributed by atoms with van der Waals surface area (Å²) in [6.07, 6.45) is 0.349. The van der Waals surface area contributed by atoms with Crippen LogP contribution in [-0.2, 0) is 26.5 Å². The molecule has 0 aliphatic heterocycles. The Bertz CT molecular complexity index is 1280. The van der Waals surface area contributed by atoms with Gasteiger partial charge in [0, 0.05) is 40.1 Å². The van der Waals surface area contributed by atoms with Crippen molar-refractivity contribution in [2.45, 2.75) is 11.3 Å². The SMILES string of the molecule is O=C(NBr)c1[nH]c2ccccc2c1S(=O)(=O)NCCNS(=O)(=O)CCc1ccccc1. The second kappa shape index (κ2) is 9.92. The zero-order chi connectivity index (χ0) is 22.5. The third-order valence-electron chi connectivity index (χ3n) is 4.48. The normalized spacial score (nSPS) is 12.2. The third-order valence-corrected chi connectivity index (χ3v) is 7.77. The maximum absolute atomic E-state index is 12.9. The molecule has 1 aromatic heterocycles. The summed E-state index contributed by atoms with van der Waals surface area (Å²) in [7, 11) is -7.67. The van der Waals surface area contributed by atoms with Crippen LogP contribution in [0.15, 0.2) is 59.5 Å². The van der Waals surface area contributed by atoms with Crippen molar-refractivity contribution in [3.63, 3.8) is 0 Å². The molecule has 3 rings (SSSR count). The van der Waals surface area contributed by atoms with Crippen molar-refractivity contribution in [2.75, 3.05) is 18.8 Å². The molecule has 0 radical (unpaired) electrons. The van der Waals surface area contributed by atoms with E-state index in [4.69, 9.17) is 0 Å². The number of fused-ring (bicyclic) bond motifs is 1. The van der Waals surface area contributed by atoms with Crippen LogP contribution in [0.3, 0.4) is 0 Å². The number of halogens is 1. The lowest BCUT2D eigenvalue weighted by Gasteiger charge is -2.10. The van der Waals surface area contributed by atoms with Crippen LogP contribution in [0.1, 0.15) is 16.1 Å². The highest BCUT2D eigenvalue weighted by atomic mass is 79.9. The van der Waals surface area contributed by atoms with Crippen LogP contribution in [0.5, 0.6) is 0 Å². The maximum Gasteiger partial charge on any atom is 0.278 e. The largest absolute Gasteiger partial charge is 0.349 e. The molecule has 0 unspecified atom stereocenters. The Hall–Kier alpha value is -2.25. The van der Waals surface area contributed by atoms with Crippen LogP contribution < -0.4 is 13.8 Å². The third kappa shape index (κ3) is 5.92. The zero-order valence-electron chi connectivity index (χ0n) is 16.3. The Balaban J connectivity index is 1.65. The summed E-state index contributed by atoms with van der Waals surface area (Å²) in [6, 6.07) is 15.8. The second-order valence-electron chi connectivity index (χ2n) is 6.64. The molecule has 3 aromatic rings. The number of aromatic amines is 1. The van der Waals surface area contributed by atoms with E-state index >= 15 is 0 Å². The van der Waals surface area contributed by atoms with Gasteiger partial charge in [0.05, 0.1) is 5.75 Å². The predicted octanol–water partition coefficient (Wildman–Crippen LogP) is 1.65. The number of hydrogen-bond donors (Lipinski definition) is 4. The summed E-state index contributed by atoms with van der Waals surface area (Å²) in [5.74, 6) is -0.764. The first-order valence-corrected chi connectivity index (χ1v) is 13.2. The summed E-state index contributed by atoms with van der Waals surface area (Å²) in [5.41, 5.74) is 1.25. The fourth-order valence-corrected chi connectivity index (χ4v) is 5.69. The summed E-state index contributed by atoms with van der Waals surface area (Å²) in [4.78, 5) is 14.7. The lowest BCUT2D eigenvalue weighted by Crippen LogP contribution is -2.36. The van der Waals surface area contributed by atoms with Crippen LogP contribution in [0.2, 0.25) is 0 Å². The topological polar surface area (TPSA) is 137 Å². The highest BCUT2D eigenvalue weighted by Gasteiger charge is 2.27. The van der Waals surface area contributed by atoms with E-state index in [2.05, 4.69) is 34.9 Å². The van der Waals surface area contributed by atoms with Gasteiger partial charge in [0.2, 0.25) is 20.0 Å². The van der Waals surface area contributed by atoms with Gasteiger partial charge in [-0.25, -0.2) is 26.3 Å². The number of aromatic nitrogens is 1. The van der Waals surface area contributed by atoms with E-state index in [-0.39, 0.29) is 29.4 Å². The smallest absolute Gasteiger partial charge is 0.278 e. The zero-order valence-corrected chi connectivity index (χ0v) is 19.5. The van der Waals surface area contributed by atoms with E-state index in [1.54, 1.807) is 24.3 Å². The fraction of sp³-hybridized carbons (Fsp3) is 0.211. The van der Waals surface area contributed by atoms with E-state index in [1.165, 1.54) is 0 Å². The molecule has 0 aliphatic rings. The van der Waals surface area contributed by atoms with E-state index in [1.807, 2.05) is 30.3 Å². The minimum Gasteiger partial charge on any atom is -0.349 e. The van der Waals surface area contributed by atoms with Crippen LogP contribution in [0.25, 0.3) is 10.9 Å². The van der Waals surface area contributed by atoms with Gasteiger partial charge in [-0.1, -0.05) is 48.5 Å². The number of rotatable bonds is 10. The van der Waals surface area contributed by atoms with Gasteiger partial charge in [0.15, 0.2) is 0 Å². The Labute approximate surface area is 189 Å². The molecule has 0 aliphatic carbocycles. The van der Waals surface area contributed by atoms with Crippen molar-refractivity contribution in [1.82, 2.24) is 18.8 Å². The number of hydrogen-bond acceptors (Lipinski definition) is 5. The molecular weight excluding hydrogens is 508 g/mol. The minimum absolute atomic E-state index is 0.109. The van der Waals surface area contributed by atoms with Gasteiger partial charge in [-0.05, 0) is 18.1 Å². The molecule has 0 atom stereocenters. The molecule has 4 N–H and O–H groups in total. The molecule has 9 nitrogen and oxygen atoms in total. The van der Waals surface area contributed by atoms with Gasteiger partial charge in [-0.3, -0.25) is 9.14 Å². The van der Waals surface area contributed by atoms with Crippen LogP contribution in [0, 0.1) is 0 Å². The van der Waals surface area contributed by atoms with Gasteiger partial charge < -0.3 is 4.98 Å². The van der Waals surface area contributed by atoms with Crippen molar-refractivity contribution in [3.05, 3.63) is 65.9 Å². The lowest BCUT2D eigenvalue weighted by molar-refractivity contribution is 0.0979. The first-order valence-electron chi connectivity index (χ1n) is 9.26. The Morgan fingerprint density at radius 2 is 1.55 bits per heavy atom. The molecule has 0 bridgehead atoms. The summed E-state index contributed by atoms with van der Waals surface area (Å²) in [5, 5.41) is 0.351. The van der Waals surface area contributed by atoms with Gasteiger partial charge in [-0.2, -0.15) is 0 Å². The number of carbonyl (C=O) groups excluding carboxylic acids is 1. The maximum atomic E-state index is 12.9. The first kappa shape index (κ1) is 23.4. The molecule has 166 valence electrons. The molecule has 1 heterocycles. The molecule has 0 fully saturated rings. The van der Waals surface area contributed by atoms with Crippen molar-refractivity contribution >= 4 is 53.0 Å². The van der Waals surface area contributed by atoms with Crippen molar-refractivity contribution in [1.29, 1.82) is 0 Å². The molecule has 31 heavy (non-hydrogen) atoms. The second-order valence-corrected chi connectivity index (χ2v) is 10.7. The van der Waals surface area contributed by atoms with E-state index in [0.717, 1.165) is 5.56 Å². The van der Waals surface area contributed by atoms with Crippen LogP contribution in [0.4, 0.5) is 0 Å². The number of sulfonamides is 2. The van der Waals surface area contributed by atoms with E-state index < -0.39 is 26.0 Å². The van der Waals surface area contributed by atoms with Crippen molar-refractivity contribution < 1.29 is 21.6 Å². The Kier molecular flexibility index (Phi) is 7.49. The highest BCUT2D eigenvalue weighted by Crippen LogP contribution is 2.27. The molecular formula is C19H21BrN4O5S2. The van der Waals surface area contributed by atoms with E-state index in [9.17, 15) is 21.6 Å². The molecule has 0 saturated heterocycles. The first-order chi connectivity index (χ1) is 14.7. The average Bonchev–Trinajstić information content (AvgIpc) is 3.16. The fourth-order valence-electron chi connectivity index (χ4n) is 3.04. The summed E-state index contributed by atoms with van der Waals surface area (Å²) >= 11 is 2.82. The molecule has 1 amide bonds. The predicted molar refractivity (Wildman–Crippen MR) is 122 cm³/mol. The highest BCUT2D eigenvalue weighted by molar-refractivity contribution is 9.08. The number of H-pyrrole nitrogens is 1. The summed E-state index contributed by atoms with van der Waals surface area (Å²) in [6.45, 7) is -0.305. The Morgan fingerprint density at radius 3 is 2.26 bits per heavy atom. The van der Waals surface area contributed by atoms with E-state index in [0.29, 0.717) is 17.3 Å². The van der Waals surface area contributed by atoms with Gasteiger partial charge in [-0.15, -0.1) is 0 Å². The quantitative estimate of drug-likeness (QED) is 0.234. The molecule has 0 saturated carbocycles. The monoisotopic (exact) mass is 528 g/mol. The number of para-hydroxylation sites is 1. The van der Waals surface area contributed by atoms with Gasteiger partial charge >= 0.3 is 0 Å². The van der Waals surface area contributed by atoms with Gasteiger partial charge in [0.25, 0.3) is 5.91 Å². The van der Waals surface area contributed by atoms with Crippen LogP contribution >= 0.6 is 16.1 Å². The lowest BCUT2D eigenvalue weighted by atomic mass is 10.2. The number of aryl methyl sites for hydroxylation is 1. The van der Waals surface area contributed by atoms with Crippen LogP contribution in [-0.4, -0.2) is 46.6 Å². The summed E-state index contributed by atoms with van der Waals surface area (Å²) < 4.78 is 57.0. The number of amides is 1. The number of nitrogens with one attached hydrogen (secondary N) is 4. The molecule has 0 spiro atoms. The number of benzene rings is 2.